The van der Waals surface area contributed by atoms with Gasteiger partial charge in [0.1, 0.15) is 17.4 Å². The third-order valence-electron chi connectivity index (χ3n) is 3.91. The maximum Gasteiger partial charge on any atom is 0.408 e. The minimum Gasteiger partial charge on any atom is -0.481 e. The highest BCUT2D eigenvalue weighted by molar-refractivity contribution is 5.98. The molecule has 1 aromatic carbocycles. The molecule has 0 spiro atoms. The molecular formula is C19H24N2O8. The molecule has 0 radical (unpaired) electrons. The Bertz CT molecular complexity index is 815. The van der Waals surface area contributed by atoms with Crippen LogP contribution in [0.2, 0.25) is 0 Å². The summed E-state index contributed by atoms with van der Waals surface area (Å²) in [6.45, 7) is 4.99. The van der Waals surface area contributed by atoms with Gasteiger partial charge in [-0.25, -0.2) is 9.59 Å². The van der Waals surface area contributed by atoms with Crippen LogP contribution in [0.15, 0.2) is 18.2 Å². The number of rotatable bonds is 7. The van der Waals surface area contributed by atoms with Crippen molar-refractivity contribution >= 4 is 29.6 Å². The van der Waals surface area contributed by atoms with Crippen molar-refractivity contribution in [2.75, 3.05) is 5.32 Å². The van der Waals surface area contributed by atoms with E-state index in [2.05, 4.69) is 10.6 Å². The zero-order chi connectivity index (χ0) is 21.8. The topological polar surface area (TPSA) is 151 Å². The molecule has 158 valence electrons. The number of hydrogen-bond acceptors (Lipinski definition) is 6. The number of carboxylic acids is 2. The molecule has 2 rings (SSSR count). The van der Waals surface area contributed by atoms with Crippen LogP contribution < -0.4 is 15.4 Å². The summed E-state index contributed by atoms with van der Waals surface area (Å²) in [6, 6.07) is 3.49. The average molecular weight is 408 g/mol. The molecule has 1 aliphatic heterocycles. The Morgan fingerprint density at radius 1 is 1.28 bits per heavy atom. The zero-order valence-corrected chi connectivity index (χ0v) is 16.4. The Labute approximate surface area is 167 Å². The standard InChI is InChI=1S/C19H24N2O8/c1-19(2,3)29-18(27)21-12(17(25)26)9-10-4-5-13-11(8-10)20-16(24)14(28-13)6-7-15(22)23/h4-5,8,12,14H,6-7,9H2,1-3H3,(H,20,24)(H,21,27)(H,22,23)(H,25,26)/t12-,14+/m0/s1. The van der Waals surface area contributed by atoms with E-state index in [0.717, 1.165) is 0 Å². The molecule has 29 heavy (non-hydrogen) atoms. The fraction of sp³-hybridized carbons (Fsp3) is 0.474. The van der Waals surface area contributed by atoms with Crippen molar-refractivity contribution in [3.63, 3.8) is 0 Å². The van der Waals surface area contributed by atoms with Gasteiger partial charge in [0, 0.05) is 19.3 Å². The van der Waals surface area contributed by atoms with Gasteiger partial charge in [-0.15, -0.1) is 0 Å². The van der Waals surface area contributed by atoms with E-state index < -0.39 is 41.7 Å². The van der Waals surface area contributed by atoms with Gasteiger partial charge in [0.25, 0.3) is 5.91 Å². The third-order valence-corrected chi connectivity index (χ3v) is 3.91. The summed E-state index contributed by atoms with van der Waals surface area (Å²) >= 11 is 0. The minimum atomic E-state index is -1.23. The molecule has 4 N–H and O–H groups in total. The van der Waals surface area contributed by atoms with E-state index in [4.69, 9.17) is 14.6 Å². The first-order valence-electron chi connectivity index (χ1n) is 8.99. The fourth-order valence-corrected chi connectivity index (χ4v) is 2.65. The van der Waals surface area contributed by atoms with Crippen LogP contribution in [0.5, 0.6) is 5.75 Å². The van der Waals surface area contributed by atoms with Crippen LogP contribution in [-0.4, -0.2) is 51.9 Å². The number of carbonyl (C=O) groups excluding carboxylic acids is 2. The lowest BCUT2D eigenvalue weighted by atomic mass is 10.0. The molecule has 0 bridgehead atoms. The van der Waals surface area contributed by atoms with E-state index in [1.54, 1.807) is 39.0 Å². The third kappa shape index (κ3) is 6.66. The number of carbonyl (C=O) groups is 4. The summed E-state index contributed by atoms with van der Waals surface area (Å²) in [5, 5.41) is 23.1. The first-order valence-corrected chi connectivity index (χ1v) is 8.99. The Balaban J connectivity index is 2.07. The average Bonchev–Trinajstić information content (AvgIpc) is 2.57. The van der Waals surface area contributed by atoms with Crippen LogP contribution in [0, 0.1) is 0 Å². The highest BCUT2D eigenvalue weighted by atomic mass is 16.6. The monoisotopic (exact) mass is 408 g/mol. The van der Waals surface area contributed by atoms with E-state index in [1.165, 1.54) is 0 Å². The second kappa shape index (κ2) is 8.80. The lowest BCUT2D eigenvalue weighted by Crippen LogP contribution is -2.44. The molecule has 0 fully saturated rings. The Morgan fingerprint density at radius 2 is 1.97 bits per heavy atom. The van der Waals surface area contributed by atoms with Crippen LogP contribution in [0.1, 0.15) is 39.2 Å². The fourth-order valence-electron chi connectivity index (χ4n) is 2.65. The van der Waals surface area contributed by atoms with Crippen LogP contribution in [0.25, 0.3) is 0 Å². The van der Waals surface area contributed by atoms with Crippen molar-refractivity contribution in [3.05, 3.63) is 23.8 Å². The lowest BCUT2D eigenvalue weighted by Gasteiger charge is -2.26. The van der Waals surface area contributed by atoms with Crippen LogP contribution >= 0.6 is 0 Å². The summed E-state index contributed by atoms with van der Waals surface area (Å²) in [4.78, 5) is 46.1. The van der Waals surface area contributed by atoms with Gasteiger partial charge in [-0.3, -0.25) is 9.59 Å². The molecule has 2 amide bonds. The van der Waals surface area contributed by atoms with E-state index in [0.29, 0.717) is 17.0 Å². The van der Waals surface area contributed by atoms with Crippen molar-refractivity contribution in [3.8, 4) is 5.75 Å². The largest absolute Gasteiger partial charge is 0.481 e. The van der Waals surface area contributed by atoms with Gasteiger partial charge in [0.2, 0.25) is 0 Å². The van der Waals surface area contributed by atoms with Gasteiger partial charge in [-0.05, 0) is 38.5 Å². The molecule has 0 aromatic heterocycles. The lowest BCUT2D eigenvalue weighted by molar-refractivity contribution is -0.140. The van der Waals surface area contributed by atoms with Gasteiger partial charge in [-0.2, -0.15) is 0 Å². The van der Waals surface area contributed by atoms with Gasteiger partial charge in [-0.1, -0.05) is 6.07 Å². The molecule has 0 saturated heterocycles. The van der Waals surface area contributed by atoms with Gasteiger partial charge in [0.05, 0.1) is 5.69 Å². The molecule has 0 aliphatic carbocycles. The zero-order valence-electron chi connectivity index (χ0n) is 16.4. The van der Waals surface area contributed by atoms with E-state index >= 15 is 0 Å². The molecule has 2 atom stereocenters. The van der Waals surface area contributed by atoms with E-state index in [-0.39, 0.29) is 19.3 Å². The number of aliphatic carboxylic acids is 2. The Hall–Kier alpha value is -3.30. The second-order valence-electron chi connectivity index (χ2n) is 7.60. The van der Waals surface area contributed by atoms with E-state index in [1.807, 2.05) is 0 Å². The predicted octanol–water partition coefficient (Wildman–Crippen LogP) is 1.77. The van der Waals surface area contributed by atoms with Crippen molar-refractivity contribution in [1.82, 2.24) is 5.32 Å². The number of ether oxygens (including phenoxy) is 2. The van der Waals surface area contributed by atoms with Crippen LogP contribution in [0.3, 0.4) is 0 Å². The number of alkyl carbamates (subject to hydrolysis) is 1. The number of carboxylic acid groups (broad SMARTS) is 2. The van der Waals surface area contributed by atoms with Crippen molar-refractivity contribution in [2.24, 2.45) is 0 Å². The Kier molecular flexibility index (Phi) is 6.68. The molecule has 1 aromatic rings. The summed E-state index contributed by atoms with van der Waals surface area (Å²) in [6.07, 6.45) is -1.98. The predicted molar refractivity (Wildman–Crippen MR) is 101 cm³/mol. The number of anilines is 1. The molecule has 10 nitrogen and oxygen atoms in total. The summed E-state index contributed by atoms with van der Waals surface area (Å²) in [5.74, 6) is -2.38. The first-order chi connectivity index (χ1) is 13.4. The number of nitrogens with one attached hydrogen (secondary N) is 2. The molecule has 10 heteroatoms. The van der Waals surface area contributed by atoms with Crippen LogP contribution in [0.4, 0.5) is 10.5 Å². The Morgan fingerprint density at radius 3 is 2.55 bits per heavy atom. The molecule has 0 unspecified atom stereocenters. The number of hydrogen-bond donors (Lipinski definition) is 4. The highest BCUT2D eigenvalue weighted by Crippen LogP contribution is 2.32. The molecule has 0 saturated carbocycles. The minimum absolute atomic E-state index is 0.0310. The number of fused-ring (bicyclic) bond motifs is 1. The smallest absolute Gasteiger partial charge is 0.408 e. The summed E-state index contributed by atoms with van der Waals surface area (Å²) < 4.78 is 10.6. The van der Waals surface area contributed by atoms with Gasteiger partial charge < -0.3 is 30.3 Å². The quantitative estimate of drug-likeness (QED) is 0.533. The normalized spacial score (nSPS) is 16.7. The summed E-state index contributed by atoms with van der Waals surface area (Å²) in [5.41, 5.74) is 0.123. The molecule has 1 aliphatic rings. The maximum atomic E-state index is 12.1. The van der Waals surface area contributed by atoms with Crippen molar-refractivity contribution in [2.45, 2.75) is 57.8 Å². The molecular weight excluding hydrogens is 384 g/mol. The molecule has 1 heterocycles. The summed E-state index contributed by atoms with van der Waals surface area (Å²) in [7, 11) is 0. The van der Waals surface area contributed by atoms with Crippen molar-refractivity contribution < 1.29 is 38.9 Å². The van der Waals surface area contributed by atoms with Gasteiger partial charge >= 0.3 is 18.0 Å². The van der Waals surface area contributed by atoms with Crippen LogP contribution in [-0.2, 0) is 25.5 Å². The van der Waals surface area contributed by atoms with E-state index in [9.17, 15) is 24.3 Å². The van der Waals surface area contributed by atoms with Crippen molar-refractivity contribution in [1.29, 1.82) is 0 Å². The first kappa shape index (κ1) is 22.0. The number of amides is 2. The maximum absolute atomic E-state index is 12.1. The highest BCUT2D eigenvalue weighted by Gasteiger charge is 2.29. The number of benzene rings is 1. The second-order valence-corrected chi connectivity index (χ2v) is 7.60. The van der Waals surface area contributed by atoms with Gasteiger partial charge in [0.15, 0.2) is 6.10 Å². The SMILES string of the molecule is CC(C)(C)OC(=O)N[C@@H](Cc1ccc2c(c1)NC(=O)[C@@H](CCC(=O)O)O2)C(=O)O.